The molecule has 1 amide bonds. The van der Waals surface area contributed by atoms with Crippen LogP contribution in [0.15, 0.2) is 12.4 Å². The van der Waals surface area contributed by atoms with E-state index in [2.05, 4.69) is 34.2 Å². The topological polar surface area (TPSA) is 58.1 Å². The summed E-state index contributed by atoms with van der Waals surface area (Å²) in [5.41, 5.74) is 0.429. The number of carbonyl (C=O) groups is 1. The van der Waals surface area contributed by atoms with Gasteiger partial charge in [-0.05, 0) is 38.4 Å². The van der Waals surface area contributed by atoms with Gasteiger partial charge in [-0.3, -0.25) is 9.78 Å². The van der Waals surface area contributed by atoms with E-state index >= 15 is 0 Å². The Morgan fingerprint density at radius 3 is 2.79 bits per heavy atom. The molecule has 0 aromatic carbocycles. The highest BCUT2D eigenvalue weighted by molar-refractivity contribution is 6.29. The van der Waals surface area contributed by atoms with E-state index in [1.807, 2.05) is 0 Å². The second kappa shape index (κ2) is 5.84. The summed E-state index contributed by atoms with van der Waals surface area (Å²) in [6, 6.07) is 0. The molecule has 0 aliphatic carbocycles. The van der Waals surface area contributed by atoms with Crippen molar-refractivity contribution in [3.63, 3.8) is 0 Å². The first kappa shape index (κ1) is 14.2. The molecule has 0 atom stereocenters. The molecule has 1 fully saturated rings. The van der Waals surface area contributed by atoms with E-state index in [9.17, 15) is 4.79 Å². The number of rotatable bonds is 3. The second-order valence-corrected chi connectivity index (χ2v) is 5.91. The lowest BCUT2D eigenvalue weighted by atomic mass is 9.80. The fourth-order valence-electron chi connectivity index (χ4n) is 2.17. The summed E-state index contributed by atoms with van der Waals surface area (Å²) in [6.45, 7) is 5.02. The summed E-state index contributed by atoms with van der Waals surface area (Å²) in [5, 5.41) is 3.17. The molecule has 2 rings (SSSR count). The third-order valence-corrected chi connectivity index (χ3v) is 3.89. The SMILES string of the molecule is CN1CCC(C)(CNC(=O)c2cncc(Cl)n2)CC1. The molecule has 2 heterocycles. The molecule has 6 heteroatoms. The summed E-state index contributed by atoms with van der Waals surface area (Å²) in [6.07, 6.45) is 5.02. The van der Waals surface area contributed by atoms with E-state index in [1.54, 1.807) is 0 Å². The van der Waals surface area contributed by atoms with Crippen molar-refractivity contribution in [1.82, 2.24) is 20.2 Å². The van der Waals surface area contributed by atoms with Crippen molar-refractivity contribution in [2.24, 2.45) is 5.41 Å². The lowest BCUT2D eigenvalue weighted by Crippen LogP contribution is -2.43. The lowest BCUT2D eigenvalue weighted by Gasteiger charge is -2.37. The van der Waals surface area contributed by atoms with E-state index in [-0.39, 0.29) is 22.2 Å². The van der Waals surface area contributed by atoms with Crippen molar-refractivity contribution in [2.75, 3.05) is 26.7 Å². The van der Waals surface area contributed by atoms with Gasteiger partial charge in [-0.2, -0.15) is 0 Å². The van der Waals surface area contributed by atoms with Crippen molar-refractivity contribution >= 4 is 17.5 Å². The first-order valence-electron chi connectivity index (χ1n) is 6.43. The largest absolute Gasteiger partial charge is 0.350 e. The predicted molar refractivity (Wildman–Crippen MR) is 74.2 cm³/mol. The maximum absolute atomic E-state index is 12.0. The molecular weight excluding hydrogens is 264 g/mol. The fourth-order valence-corrected chi connectivity index (χ4v) is 2.32. The number of aromatic nitrogens is 2. The van der Waals surface area contributed by atoms with Gasteiger partial charge in [0.1, 0.15) is 10.8 Å². The first-order chi connectivity index (χ1) is 8.98. The fraction of sp³-hybridized carbons (Fsp3) is 0.615. The summed E-state index contributed by atoms with van der Waals surface area (Å²) in [4.78, 5) is 22.1. The average Bonchev–Trinajstić information content (AvgIpc) is 2.40. The number of likely N-dealkylation sites (tertiary alicyclic amines) is 1. The first-order valence-corrected chi connectivity index (χ1v) is 6.81. The Morgan fingerprint density at radius 2 is 2.16 bits per heavy atom. The van der Waals surface area contributed by atoms with Crippen molar-refractivity contribution in [3.8, 4) is 0 Å². The zero-order valence-electron chi connectivity index (χ0n) is 11.3. The van der Waals surface area contributed by atoms with E-state index in [0.717, 1.165) is 25.9 Å². The Labute approximate surface area is 118 Å². The number of nitrogens with one attached hydrogen (secondary N) is 1. The van der Waals surface area contributed by atoms with E-state index in [1.165, 1.54) is 12.4 Å². The van der Waals surface area contributed by atoms with Crippen LogP contribution in [-0.4, -0.2) is 47.5 Å². The minimum Gasteiger partial charge on any atom is -0.350 e. The van der Waals surface area contributed by atoms with Crippen LogP contribution >= 0.6 is 11.6 Å². The molecule has 0 unspecified atom stereocenters. The molecule has 1 aliphatic heterocycles. The summed E-state index contributed by atoms with van der Waals surface area (Å²) >= 11 is 5.72. The normalized spacial score (nSPS) is 19.1. The Kier molecular flexibility index (Phi) is 4.37. The summed E-state index contributed by atoms with van der Waals surface area (Å²) in [5.74, 6) is -0.213. The number of carbonyl (C=O) groups excluding carboxylic acids is 1. The maximum atomic E-state index is 12.0. The molecule has 19 heavy (non-hydrogen) atoms. The lowest BCUT2D eigenvalue weighted by molar-refractivity contribution is 0.0886. The number of hydrogen-bond donors (Lipinski definition) is 1. The van der Waals surface area contributed by atoms with Gasteiger partial charge in [-0.15, -0.1) is 0 Å². The van der Waals surface area contributed by atoms with Crippen LogP contribution in [0.1, 0.15) is 30.3 Å². The predicted octanol–water partition coefficient (Wildman–Crippen LogP) is 1.59. The van der Waals surface area contributed by atoms with Crippen molar-refractivity contribution in [3.05, 3.63) is 23.2 Å². The Balaban J connectivity index is 1.90. The summed E-state index contributed by atoms with van der Waals surface area (Å²) < 4.78 is 0. The zero-order valence-corrected chi connectivity index (χ0v) is 12.1. The molecule has 0 radical (unpaired) electrons. The molecule has 0 spiro atoms. The van der Waals surface area contributed by atoms with Crippen LogP contribution in [0.2, 0.25) is 5.15 Å². The molecule has 1 N–H and O–H groups in total. The number of amides is 1. The second-order valence-electron chi connectivity index (χ2n) is 5.52. The van der Waals surface area contributed by atoms with E-state index in [4.69, 9.17) is 11.6 Å². The molecule has 1 aromatic heterocycles. The standard InChI is InChI=1S/C13H19ClN4O/c1-13(3-5-18(2)6-4-13)9-16-12(19)10-7-15-8-11(14)17-10/h7-8H,3-6,9H2,1-2H3,(H,16,19). The van der Waals surface area contributed by atoms with Gasteiger partial charge < -0.3 is 10.2 Å². The molecule has 5 nitrogen and oxygen atoms in total. The molecule has 1 aliphatic rings. The van der Waals surface area contributed by atoms with Crippen LogP contribution in [0, 0.1) is 5.41 Å². The van der Waals surface area contributed by atoms with Gasteiger partial charge in [0.2, 0.25) is 0 Å². The van der Waals surface area contributed by atoms with Crippen molar-refractivity contribution in [2.45, 2.75) is 19.8 Å². The van der Waals surface area contributed by atoms with Crippen LogP contribution < -0.4 is 5.32 Å². The molecular formula is C13H19ClN4O. The smallest absolute Gasteiger partial charge is 0.271 e. The molecule has 104 valence electrons. The van der Waals surface area contributed by atoms with E-state index < -0.39 is 0 Å². The van der Waals surface area contributed by atoms with Gasteiger partial charge in [0.05, 0.1) is 12.4 Å². The minimum atomic E-state index is -0.213. The highest BCUT2D eigenvalue weighted by Gasteiger charge is 2.29. The Hall–Kier alpha value is -1.20. The molecule has 1 aromatic rings. The van der Waals surface area contributed by atoms with Crippen molar-refractivity contribution in [1.29, 1.82) is 0 Å². The van der Waals surface area contributed by atoms with Gasteiger partial charge in [-0.1, -0.05) is 18.5 Å². The molecule has 0 bridgehead atoms. The average molecular weight is 283 g/mol. The highest BCUT2D eigenvalue weighted by Crippen LogP contribution is 2.29. The van der Waals surface area contributed by atoms with Crippen molar-refractivity contribution < 1.29 is 4.79 Å². The zero-order chi connectivity index (χ0) is 13.9. The van der Waals surface area contributed by atoms with Gasteiger partial charge in [0, 0.05) is 6.54 Å². The summed E-state index contributed by atoms with van der Waals surface area (Å²) in [7, 11) is 2.12. The minimum absolute atomic E-state index is 0.161. The van der Waals surface area contributed by atoms with E-state index in [0.29, 0.717) is 6.54 Å². The van der Waals surface area contributed by atoms with Crippen LogP contribution in [0.3, 0.4) is 0 Å². The van der Waals surface area contributed by atoms with Crippen LogP contribution in [-0.2, 0) is 0 Å². The molecule has 0 saturated carbocycles. The monoisotopic (exact) mass is 282 g/mol. The van der Waals surface area contributed by atoms with Gasteiger partial charge in [0.15, 0.2) is 0 Å². The Morgan fingerprint density at radius 1 is 1.47 bits per heavy atom. The number of nitrogens with zero attached hydrogens (tertiary/aromatic N) is 3. The number of halogens is 1. The number of piperidine rings is 1. The molecule has 1 saturated heterocycles. The van der Waals surface area contributed by atoms with Crippen LogP contribution in [0.4, 0.5) is 0 Å². The number of hydrogen-bond acceptors (Lipinski definition) is 4. The third-order valence-electron chi connectivity index (χ3n) is 3.71. The highest BCUT2D eigenvalue weighted by atomic mass is 35.5. The van der Waals surface area contributed by atoms with Gasteiger partial charge in [0.25, 0.3) is 5.91 Å². The van der Waals surface area contributed by atoms with Crippen LogP contribution in [0.5, 0.6) is 0 Å². The quantitative estimate of drug-likeness (QED) is 0.915. The van der Waals surface area contributed by atoms with Gasteiger partial charge in [-0.25, -0.2) is 4.98 Å². The van der Waals surface area contributed by atoms with Crippen LogP contribution in [0.25, 0.3) is 0 Å². The maximum Gasteiger partial charge on any atom is 0.271 e. The third kappa shape index (κ3) is 3.88. The Bertz CT molecular complexity index is 458. The van der Waals surface area contributed by atoms with Gasteiger partial charge >= 0.3 is 0 Å².